The summed E-state index contributed by atoms with van der Waals surface area (Å²) in [5.41, 5.74) is 6.12. The van der Waals surface area contributed by atoms with Crippen LogP contribution < -0.4 is 21.1 Å². The third-order valence-electron chi connectivity index (χ3n) is 5.45. The first-order valence-electron chi connectivity index (χ1n) is 12.5. The number of nitrogens with zero attached hydrogens (tertiary/aromatic N) is 1. The molecule has 4 N–H and O–H groups in total. The van der Waals surface area contributed by atoms with Crippen LogP contribution in [0.25, 0.3) is 0 Å². The Hall–Kier alpha value is -4.52. The molecule has 0 aliphatic rings. The minimum Gasteiger partial charge on any atom is -0.497 e. The molecule has 2 aromatic carbocycles. The third-order valence-corrected chi connectivity index (χ3v) is 5.45. The Labute approximate surface area is 229 Å². The van der Waals surface area contributed by atoms with Gasteiger partial charge in [-0.2, -0.15) is 0 Å². The van der Waals surface area contributed by atoms with E-state index >= 15 is 0 Å². The third kappa shape index (κ3) is 9.38. The van der Waals surface area contributed by atoms with E-state index in [1.807, 2.05) is 6.92 Å². The van der Waals surface area contributed by atoms with E-state index in [1.165, 1.54) is 12.0 Å². The number of benzene rings is 2. The van der Waals surface area contributed by atoms with Gasteiger partial charge in [0.1, 0.15) is 23.4 Å². The Bertz CT molecular complexity index is 1200. The second-order valence-corrected chi connectivity index (χ2v) is 9.79. The number of nitrogens with one attached hydrogen (secondary N) is 2. The van der Waals surface area contributed by atoms with E-state index in [2.05, 4.69) is 16.6 Å². The zero-order chi connectivity index (χ0) is 29.2. The Balaban J connectivity index is 2.50. The maximum Gasteiger partial charge on any atom is 0.408 e. The number of hydrogen-bond acceptors (Lipinski definition) is 6. The van der Waals surface area contributed by atoms with Crippen molar-refractivity contribution >= 4 is 29.5 Å². The molecule has 10 nitrogen and oxygen atoms in total. The van der Waals surface area contributed by atoms with Crippen molar-refractivity contribution in [2.75, 3.05) is 19.0 Å². The monoisotopic (exact) mass is 536 g/mol. The van der Waals surface area contributed by atoms with Crippen molar-refractivity contribution in [3.05, 3.63) is 59.7 Å². The van der Waals surface area contributed by atoms with Crippen LogP contribution in [0.3, 0.4) is 0 Å². The number of terminal acetylenes is 1. The SMILES string of the molecule is C#Cc1ccc(C(C(=O)Nc2ccc(OC)cc2)N(CCC)C(=O)C(CC(N)=O)NC(=O)OC(C)(C)C)cc1. The molecule has 0 fully saturated rings. The van der Waals surface area contributed by atoms with Crippen LogP contribution in [0.1, 0.15) is 57.7 Å². The number of carbonyl (C=O) groups excluding carboxylic acids is 4. The molecule has 0 saturated heterocycles. The number of nitrogens with two attached hydrogens (primary N) is 1. The minimum atomic E-state index is -1.36. The van der Waals surface area contributed by atoms with Crippen molar-refractivity contribution in [1.82, 2.24) is 10.2 Å². The fourth-order valence-electron chi connectivity index (χ4n) is 3.78. The van der Waals surface area contributed by atoms with Gasteiger partial charge in [-0.3, -0.25) is 14.4 Å². The highest BCUT2D eigenvalue weighted by atomic mass is 16.6. The smallest absolute Gasteiger partial charge is 0.408 e. The number of anilines is 1. The molecule has 10 heteroatoms. The van der Waals surface area contributed by atoms with Crippen LogP contribution in [0.4, 0.5) is 10.5 Å². The Morgan fingerprint density at radius 3 is 2.15 bits per heavy atom. The van der Waals surface area contributed by atoms with Gasteiger partial charge >= 0.3 is 6.09 Å². The topological polar surface area (TPSA) is 140 Å². The molecule has 2 unspecified atom stereocenters. The lowest BCUT2D eigenvalue weighted by Gasteiger charge is -2.34. The highest BCUT2D eigenvalue weighted by Crippen LogP contribution is 2.26. The highest BCUT2D eigenvalue weighted by molar-refractivity contribution is 5.99. The number of amides is 4. The normalized spacial score (nSPS) is 12.3. The molecular weight excluding hydrogens is 500 g/mol. The van der Waals surface area contributed by atoms with Gasteiger partial charge in [0, 0.05) is 17.8 Å². The Kier molecular flexibility index (Phi) is 10.9. The molecule has 4 amide bonds. The Morgan fingerprint density at radius 2 is 1.67 bits per heavy atom. The molecule has 2 atom stereocenters. The maximum absolute atomic E-state index is 13.9. The van der Waals surface area contributed by atoms with Crippen LogP contribution in [0, 0.1) is 12.3 Å². The highest BCUT2D eigenvalue weighted by Gasteiger charge is 2.36. The van der Waals surface area contributed by atoms with Gasteiger partial charge in [-0.25, -0.2) is 4.79 Å². The van der Waals surface area contributed by atoms with Crippen molar-refractivity contribution < 1.29 is 28.7 Å². The summed E-state index contributed by atoms with van der Waals surface area (Å²) in [5.74, 6) is 1.15. The van der Waals surface area contributed by atoms with Gasteiger partial charge in [-0.1, -0.05) is 25.0 Å². The number of carbonyl (C=O) groups is 4. The number of rotatable bonds is 11. The van der Waals surface area contributed by atoms with E-state index in [-0.39, 0.29) is 6.54 Å². The maximum atomic E-state index is 13.9. The van der Waals surface area contributed by atoms with Crippen molar-refractivity contribution in [3.8, 4) is 18.1 Å². The molecule has 0 aliphatic heterocycles. The molecule has 0 aliphatic carbocycles. The second-order valence-electron chi connectivity index (χ2n) is 9.79. The van der Waals surface area contributed by atoms with Crippen LogP contribution in [0.15, 0.2) is 48.5 Å². The van der Waals surface area contributed by atoms with Crippen LogP contribution in [-0.2, 0) is 19.1 Å². The number of methoxy groups -OCH3 is 1. The lowest BCUT2D eigenvalue weighted by Crippen LogP contribution is -2.53. The fourth-order valence-corrected chi connectivity index (χ4v) is 3.78. The lowest BCUT2D eigenvalue weighted by atomic mass is 10.00. The predicted molar refractivity (Wildman–Crippen MR) is 148 cm³/mol. The van der Waals surface area contributed by atoms with Gasteiger partial charge in [0.25, 0.3) is 5.91 Å². The molecule has 0 saturated carbocycles. The largest absolute Gasteiger partial charge is 0.497 e. The van der Waals surface area contributed by atoms with Gasteiger partial charge < -0.3 is 30.7 Å². The van der Waals surface area contributed by atoms with Crippen molar-refractivity contribution in [1.29, 1.82) is 0 Å². The van der Waals surface area contributed by atoms with Crippen LogP contribution in [0.2, 0.25) is 0 Å². The van der Waals surface area contributed by atoms with E-state index in [0.717, 1.165) is 0 Å². The van der Waals surface area contributed by atoms with E-state index in [9.17, 15) is 19.2 Å². The summed E-state index contributed by atoms with van der Waals surface area (Å²) in [6.45, 7) is 6.98. The molecule has 0 bridgehead atoms. The molecule has 0 radical (unpaired) electrons. The van der Waals surface area contributed by atoms with Crippen molar-refractivity contribution in [2.45, 2.75) is 58.2 Å². The summed E-state index contributed by atoms with van der Waals surface area (Å²) in [6.07, 6.45) is 4.60. The van der Waals surface area contributed by atoms with E-state index in [4.69, 9.17) is 21.6 Å². The van der Waals surface area contributed by atoms with Crippen molar-refractivity contribution in [2.24, 2.45) is 5.73 Å². The molecule has 0 aromatic heterocycles. The fraction of sp³-hybridized carbons (Fsp3) is 0.379. The first kappa shape index (κ1) is 30.7. The van der Waals surface area contributed by atoms with Crippen LogP contribution >= 0.6 is 0 Å². The molecule has 208 valence electrons. The summed E-state index contributed by atoms with van der Waals surface area (Å²) >= 11 is 0. The zero-order valence-electron chi connectivity index (χ0n) is 22.9. The number of ether oxygens (including phenoxy) is 2. The minimum absolute atomic E-state index is 0.141. The quantitative estimate of drug-likeness (QED) is 0.376. The zero-order valence-corrected chi connectivity index (χ0v) is 22.9. The van der Waals surface area contributed by atoms with Gasteiger partial charge in [-0.05, 0) is 69.2 Å². The first-order valence-corrected chi connectivity index (χ1v) is 12.5. The second kappa shape index (κ2) is 13.9. The van der Waals surface area contributed by atoms with Gasteiger partial charge in [0.2, 0.25) is 11.8 Å². The standard InChI is InChI=1S/C29H36N4O6/c1-7-17-33(27(36)23(18-24(30)34)32-28(37)39-29(3,4)5)25(20-11-9-19(8-2)10-12-20)26(35)31-21-13-15-22(38-6)16-14-21/h2,9-16,23,25H,7,17-18H2,1,3-6H3,(H2,30,34)(H,31,35)(H,32,37). The average molecular weight is 537 g/mol. The Morgan fingerprint density at radius 1 is 1.05 bits per heavy atom. The summed E-state index contributed by atoms with van der Waals surface area (Å²) in [5, 5.41) is 5.28. The predicted octanol–water partition coefficient (Wildman–Crippen LogP) is 3.36. The number of hydrogen-bond donors (Lipinski definition) is 3. The van der Waals surface area contributed by atoms with Crippen molar-refractivity contribution in [3.63, 3.8) is 0 Å². The van der Waals surface area contributed by atoms with E-state index in [0.29, 0.717) is 29.0 Å². The summed E-state index contributed by atoms with van der Waals surface area (Å²) in [6, 6.07) is 10.9. The van der Waals surface area contributed by atoms with Crippen LogP contribution in [-0.4, -0.2) is 54.0 Å². The van der Waals surface area contributed by atoms with Gasteiger partial charge in [-0.15, -0.1) is 6.42 Å². The van der Waals surface area contributed by atoms with Gasteiger partial charge in [0.05, 0.1) is 13.5 Å². The molecule has 2 rings (SSSR count). The summed E-state index contributed by atoms with van der Waals surface area (Å²) < 4.78 is 10.4. The molecule has 2 aromatic rings. The number of primary amides is 1. The molecule has 0 heterocycles. The van der Waals surface area contributed by atoms with Crippen LogP contribution in [0.5, 0.6) is 5.75 Å². The molecule has 39 heavy (non-hydrogen) atoms. The summed E-state index contributed by atoms with van der Waals surface area (Å²) in [4.78, 5) is 53.3. The van der Waals surface area contributed by atoms with E-state index in [1.54, 1.807) is 69.3 Å². The molecule has 0 spiro atoms. The number of alkyl carbamates (subject to hydrolysis) is 1. The lowest BCUT2D eigenvalue weighted by molar-refractivity contribution is -0.141. The summed E-state index contributed by atoms with van der Waals surface area (Å²) in [7, 11) is 1.53. The van der Waals surface area contributed by atoms with E-state index < -0.39 is 47.9 Å². The molecular formula is C29H36N4O6. The van der Waals surface area contributed by atoms with Gasteiger partial charge in [0.15, 0.2) is 0 Å². The first-order chi connectivity index (χ1) is 18.4. The average Bonchev–Trinajstić information content (AvgIpc) is 2.87.